The van der Waals surface area contributed by atoms with E-state index >= 15 is 0 Å². The summed E-state index contributed by atoms with van der Waals surface area (Å²) in [5.74, 6) is -0.140. The average Bonchev–Trinajstić information content (AvgIpc) is 3.34. The summed E-state index contributed by atoms with van der Waals surface area (Å²) in [5.41, 5.74) is 0.415. The standard InChI is InChI=1S/C18H32N3O6P.C10H8O.C2H6/c1-11(2)26-18(24)14(5)20-28-25-9-15-7-12(3)17(27-15)21(10-22)8-13(4)16(23)19-6;11-10-7-3-5-8-4-1-2-6-9(8)10;1-2/h8,10-12,14-15,17,20,28H,7,9H2,1-6H3,(H,19,23);1-7,11H;1-2H3/b13-8-;;. The van der Waals surface area contributed by atoms with E-state index in [-0.39, 0.29) is 39.0 Å². The number of carbonyl (C=O) groups is 3. The van der Waals surface area contributed by atoms with Gasteiger partial charge in [0, 0.05) is 30.1 Å². The Morgan fingerprint density at radius 3 is 2.44 bits per heavy atom. The van der Waals surface area contributed by atoms with Crippen LogP contribution in [0.4, 0.5) is 0 Å². The first-order valence-electron chi connectivity index (χ1n) is 13.9. The van der Waals surface area contributed by atoms with Crippen LogP contribution in [0.1, 0.15) is 54.9 Å². The van der Waals surface area contributed by atoms with E-state index in [4.69, 9.17) is 14.0 Å². The second-order valence-electron chi connectivity index (χ2n) is 9.57. The molecule has 0 bridgehead atoms. The summed E-state index contributed by atoms with van der Waals surface area (Å²) in [6, 6.07) is 12.8. The van der Waals surface area contributed by atoms with Crippen LogP contribution in [0.2, 0.25) is 0 Å². The topological polar surface area (TPSA) is 126 Å². The summed E-state index contributed by atoms with van der Waals surface area (Å²) >= 11 is 0. The van der Waals surface area contributed by atoms with Crippen LogP contribution in [0.25, 0.3) is 10.8 Å². The summed E-state index contributed by atoms with van der Waals surface area (Å²) in [5, 5.41) is 16.8. The van der Waals surface area contributed by atoms with Crippen LogP contribution in [0.15, 0.2) is 54.2 Å². The minimum Gasteiger partial charge on any atom is -0.507 e. The lowest BCUT2D eigenvalue weighted by molar-refractivity contribution is -0.148. The van der Waals surface area contributed by atoms with Crippen molar-refractivity contribution < 1.29 is 33.5 Å². The van der Waals surface area contributed by atoms with E-state index in [9.17, 15) is 19.5 Å². The van der Waals surface area contributed by atoms with E-state index in [2.05, 4.69) is 10.4 Å². The normalized spacial score (nSPS) is 19.1. The monoisotopic (exact) mass is 591 g/mol. The fraction of sp³-hybridized carbons (Fsp3) is 0.500. The number of likely N-dealkylation sites (N-methyl/N-ethyl adjacent to an activating group) is 1. The lowest BCUT2D eigenvalue weighted by atomic mass is 10.1. The fourth-order valence-electron chi connectivity index (χ4n) is 3.90. The van der Waals surface area contributed by atoms with E-state index in [0.717, 1.165) is 17.2 Å². The van der Waals surface area contributed by atoms with E-state index in [1.54, 1.807) is 33.8 Å². The molecule has 3 rings (SSSR count). The molecule has 0 spiro atoms. The number of hydrogen-bond acceptors (Lipinski definition) is 8. The average molecular weight is 592 g/mol. The Balaban J connectivity index is 0.000000529. The number of nitrogens with one attached hydrogen (secondary N) is 2. The van der Waals surface area contributed by atoms with Crippen LogP contribution in [0.5, 0.6) is 5.75 Å². The van der Waals surface area contributed by atoms with Gasteiger partial charge < -0.3 is 24.4 Å². The van der Waals surface area contributed by atoms with Crippen LogP contribution >= 0.6 is 8.96 Å². The van der Waals surface area contributed by atoms with Gasteiger partial charge in [0.15, 0.2) is 0 Å². The number of phenols is 1. The third-order valence-electron chi connectivity index (χ3n) is 5.89. The van der Waals surface area contributed by atoms with E-state index < -0.39 is 12.3 Å². The summed E-state index contributed by atoms with van der Waals surface area (Å²) in [7, 11) is 1.45. The molecule has 1 aliphatic heterocycles. The van der Waals surface area contributed by atoms with Gasteiger partial charge in [-0.05, 0) is 45.6 Å². The molecule has 0 saturated carbocycles. The maximum absolute atomic E-state index is 11.7. The third-order valence-corrected chi connectivity index (χ3v) is 6.75. The molecule has 1 saturated heterocycles. The maximum Gasteiger partial charge on any atom is 0.323 e. The van der Waals surface area contributed by atoms with Gasteiger partial charge >= 0.3 is 5.97 Å². The second kappa shape index (κ2) is 19.1. The minimum absolute atomic E-state index is 0.0784. The Morgan fingerprint density at radius 2 is 1.83 bits per heavy atom. The maximum atomic E-state index is 11.7. The molecule has 1 heterocycles. The van der Waals surface area contributed by atoms with Crippen molar-refractivity contribution in [2.75, 3.05) is 13.7 Å². The van der Waals surface area contributed by atoms with Gasteiger partial charge in [0.2, 0.25) is 12.3 Å². The van der Waals surface area contributed by atoms with Crippen molar-refractivity contribution in [1.29, 1.82) is 0 Å². The molecule has 11 heteroatoms. The molecular weight excluding hydrogens is 545 g/mol. The number of phenolic OH excluding ortho intramolecular Hbond substituents is 1. The molecule has 0 aromatic heterocycles. The van der Waals surface area contributed by atoms with Gasteiger partial charge in [-0.25, -0.2) is 0 Å². The van der Waals surface area contributed by atoms with Gasteiger partial charge in [0.1, 0.15) is 18.0 Å². The van der Waals surface area contributed by atoms with Gasteiger partial charge in [-0.3, -0.25) is 24.4 Å². The number of fused-ring (bicyclic) bond motifs is 1. The molecule has 5 unspecified atom stereocenters. The van der Waals surface area contributed by atoms with E-state index in [1.807, 2.05) is 57.2 Å². The highest BCUT2D eigenvalue weighted by Gasteiger charge is 2.35. The summed E-state index contributed by atoms with van der Waals surface area (Å²) in [6.45, 7) is 13.3. The van der Waals surface area contributed by atoms with Gasteiger partial charge in [0.05, 0.1) is 27.8 Å². The summed E-state index contributed by atoms with van der Waals surface area (Å²) in [6.07, 6.45) is 2.07. The summed E-state index contributed by atoms with van der Waals surface area (Å²) in [4.78, 5) is 36.2. The van der Waals surface area contributed by atoms with Crippen LogP contribution in [-0.4, -0.2) is 66.4 Å². The molecule has 1 fully saturated rings. The lowest BCUT2D eigenvalue weighted by Crippen LogP contribution is -2.35. The first-order chi connectivity index (χ1) is 19.6. The van der Waals surface area contributed by atoms with Crippen LogP contribution in [0, 0.1) is 5.92 Å². The molecule has 2 aromatic rings. The van der Waals surface area contributed by atoms with Gasteiger partial charge in [-0.2, -0.15) is 0 Å². The van der Waals surface area contributed by atoms with Crippen molar-refractivity contribution in [1.82, 2.24) is 15.3 Å². The number of nitrogens with zero attached hydrogens (tertiary/aromatic N) is 1. The molecule has 1 aliphatic rings. The molecule has 41 heavy (non-hydrogen) atoms. The Morgan fingerprint density at radius 1 is 1.17 bits per heavy atom. The SMILES string of the molecule is CC.CNC(=O)/C(C)=C\N(C=O)C1OC(COPNC(C)C(=O)OC(C)C)CC1C.Oc1cccc2ccccc12. The molecule has 5 atom stereocenters. The number of carbonyl (C=O) groups excluding carboxylic acids is 3. The van der Waals surface area contributed by atoms with E-state index in [0.29, 0.717) is 24.3 Å². The Bertz CT molecular complexity index is 1120. The molecule has 228 valence electrons. The first-order valence-corrected chi connectivity index (χ1v) is 14.8. The van der Waals surface area contributed by atoms with E-state index in [1.165, 1.54) is 18.1 Å². The zero-order chi connectivity index (χ0) is 30.9. The number of benzene rings is 2. The van der Waals surface area contributed by atoms with Crippen LogP contribution < -0.4 is 10.4 Å². The zero-order valence-corrected chi connectivity index (χ0v) is 26.3. The molecule has 10 nitrogen and oxygen atoms in total. The van der Waals surface area contributed by atoms with Crippen molar-refractivity contribution in [3.63, 3.8) is 0 Å². The molecule has 0 radical (unpaired) electrons. The highest BCUT2D eigenvalue weighted by molar-refractivity contribution is 7.29. The fourth-order valence-corrected chi connectivity index (χ4v) is 4.55. The highest BCUT2D eigenvalue weighted by Crippen LogP contribution is 2.30. The quantitative estimate of drug-likeness (QED) is 0.111. The molecule has 2 amide bonds. The minimum atomic E-state index is -0.458. The number of hydrogen-bond donors (Lipinski definition) is 3. The lowest BCUT2D eigenvalue weighted by Gasteiger charge is -2.25. The number of aromatic hydroxyl groups is 1. The third kappa shape index (κ3) is 12.2. The number of rotatable bonds is 11. The number of amides is 2. The number of ether oxygens (including phenoxy) is 2. The Hall–Kier alpha value is -3.04. The predicted octanol–water partition coefficient (Wildman–Crippen LogP) is 4.87. The zero-order valence-electron chi connectivity index (χ0n) is 25.3. The largest absolute Gasteiger partial charge is 0.507 e. The first kappa shape index (κ1) is 36.0. The van der Waals surface area contributed by atoms with Gasteiger partial charge in [-0.1, -0.05) is 57.2 Å². The van der Waals surface area contributed by atoms with Gasteiger partial charge in [0.25, 0.3) is 0 Å². The van der Waals surface area contributed by atoms with Crippen molar-refractivity contribution in [2.45, 2.75) is 79.4 Å². The van der Waals surface area contributed by atoms with Crippen molar-refractivity contribution in [3.8, 4) is 5.75 Å². The Kier molecular flexibility index (Phi) is 16.8. The Labute approximate surface area is 245 Å². The smallest absolute Gasteiger partial charge is 0.323 e. The molecular formula is C30H46N3O7P. The van der Waals surface area contributed by atoms with Crippen molar-refractivity contribution in [2.24, 2.45) is 5.92 Å². The molecule has 0 aliphatic carbocycles. The molecule has 2 aromatic carbocycles. The highest BCUT2D eigenvalue weighted by atomic mass is 31.1. The van der Waals surface area contributed by atoms with Crippen molar-refractivity contribution >= 4 is 38.0 Å². The second-order valence-corrected chi connectivity index (χ2v) is 10.3. The van der Waals surface area contributed by atoms with Gasteiger partial charge in [-0.15, -0.1) is 0 Å². The number of esters is 1. The van der Waals surface area contributed by atoms with Crippen LogP contribution in [-0.2, 0) is 28.4 Å². The summed E-state index contributed by atoms with van der Waals surface area (Å²) < 4.78 is 16.6. The van der Waals surface area contributed by atoms with Crippen LogP contribution in [0.3, 0.4) is 0 Å². The van der Waals surface area contributed by atoms with Crippen molar-refractivity contribution in [3.05, 3.63) is 54.2 Å². The predicted molar refractivity (Wildman–Crippen MR) is 163 cm³/mol. The molecule has 3 N–H and O–H groups in total.